The first-order chi connectivity index (χ1) is 7.25. The Labute approximate surface area is 106 Å². The maximum absolute atomic E-state index is 5.90. The monoisotopic (exact) mass is 298 g/mol. The molecule has 15 heavy (non-hydrogen) atoms. The molecule has 0 aliphatic rings. The van der Waals surface area contributed by atoms with Crippen LogP contribution < -0.4 is 0 Å². The Hall–Kier alpha value is -0.570. The van der Waals surface area contributed by atoms with Crippen molar-refractivity contribution in [1.29, 1.82) is 0 Å². The van der Waals surface area contributed by atoms with Gasteiger partial charge in [0.1, 0.15) is 0 Å². The van der Waals surface area contributed by atoms with Crippen LogP contribution in [0.1, 0.15) is 11.1 Å². The van der Waals surface area contributed by atoms with Crippen LogP contribution in [-0.2, 0) is 0 Å². The van der Waals surface area contributed by atoms with E-state index < -0.39 is 0 Å². The fraction of sp³-hybridized carbons (Fsp3) is 0. The first kappa shape index (κ1) is 10.9. The summed E-state index contributed by atoms with van der Waals surface area (Å²) in [4.78, 5) is 0. The van der Waals surface area contributed by atoms with Gasteiger partial charge in [-0.15, -0.1) is 11.3 Å². The van der Waals surface area contributed by atoms with Gasteiger partial charge in [0.05, 0.1) is 8.12 Å². The topological polar surface area (TPSA) is 0 Å². The summed E-state index contributed by atoms with van der Waals surface area (Å²) in [7, 11) is 0. The first-order valence-electron chi connectivity index (χ1n) is 4.43. The second kappa shape index (κ2) is 4.97. The SMILES string of the molecule is Clc1cc(/C=C/c2ccccc2)c(Br)s1. The summed E-state index contributed by atoms with van der Waals surface area (Å²) in [5, 5.41) is 0. The lowest BCUT2D eigenvalue weighted by atomic mass is 10.2. The lowest BCUT2D eigenvalue weighted by Gasteiger charge is -1.91. The van der Waals surface area contributed by atoms with E-state index in [0.717, 1.165) is 13.7 Å². The molecule has 1 aromatic carbocycles. The minimum absolute atomic E-state index is 0.801. The van der Waals surface area contributed by atoms with Crippen molar-refractivity contribution in [3.63, 3.8) is 0 Å². The Bertz CT molecular complexity index is 474. The van der Waals surface area contributed by atoms with E-state index in [2.05, 4.69) is 40.2 Å². The zero-order valence-electron chi connectivity index (χ0n) is 7.78. The molecule has 0 saturated carbocycles. The predicted octanol–water partition coefficient (Wildman–Crippen LogP) is 5.33. The summed E-state index contributed by atoms with van der Waals surface area (Å²) in [6.07, 6.45) is 4.13. The quantitative estimate of drug-likeness (QED) is 0.702. The predicted molar refractivity (Wildman–Crippen MR) is 72.4 cm³/mol. The van der Waals surface area contributed by atoms with E-state index in [9.17, 15) is 0 Å². The minimum atomic E-state index is 0.801. The maximum atomic E-state index is 5.90. The average Bonchev–Trinajstić information content (AvgIpc) is 2.56. The normalized spacial score (nSPS) is 11.1. The van der Waals surface area contributed by atoms with Crippen molar-refractivity contribution in [3.05, 3.63) is 55.6 Å². The summed E-state index contributed by atoms with van der Waals surface area (Å²) in [6, 6.07) is 12.1. The molecular weight excluding hydrogens is 292 g/mol. The molecule has 3 heteroatoms. The highest BCUT2D eigenvalue weighted by molar-refractivity contribution is 9.11. The van der Waals surface area contributed by atoms with Gasteiger partial charge in [0.2, 0.25) is 0 Å². The molecule has 0 aliphatic heterocycles. The number of benzene rings is 1. The summed E-state index contributed by atoms with van der Waals surface area (Å²) in [5.74, 6) is 0. The second-order valence-corrected chi connectivity index (χ2v) is 6.02. The number of hydrogen-bond acceptors (Lipinski definition) is 1. The first-order valence-corrected chi connectivity index (χ1v) is 6.42. The standard InChI is InChI=1S/C12H8BrClS/c13-12-10(8-11(14)15-12)7-6-9-4-2-1-3-5-9/h1-8H/b7-6+. The summed E-state index contributed by atoms with van der Waals surface area (Å²) in [6.45, 7) is 0. The molecule has 0 amide bonds. The summed E-state index contributed by atoms with van der Waals surface area (Å²) in [5.41, 5.74) is 2.31. The number of thiophene rings is 1. The van der Waals surface area contributed by atoms with Crippen LogP contribution in [0.15, 0.2) is 40.2 Å². The summed E-state index contributed by atoms with van der Waals surface area (Å²) >= 11 is 10.9. The van der Waals surface area contributed by atoms with Gasteiger partial charge in [-0.25, -0.2) is 0 Å². The molecule has 0 fully saturated rings. The molecule has 1 heterocycles. The van der Waals surface area contributed by atoms with E-state index in [4.69, 9.17) is 11.6 Å². The van der Waals surface area contributed by atoms with Crippen molar-refractivity contribution >= 4 is 51.0 Å². The molecule has 0 spiro atoms. The Kier molecular flexibility index (Phi) is 3.62. The van der Waals surface area contributed by atoms with E-state index >= 15 is 0 Å². The molecule has 0 radical (unpaired) electrons. The highest BCUT2D eigenvalue weighted by Gasteiger charge is 2.01. The molecule has 0 nitrogen and oxygen atoms in total. The molecule has 0 aliphatic carbocycles. The molecule has 2 rings (SSSR count). The third-order valence-electron chi connectivity index (χ3n) is 1.94. The largest absolute Gasteiger partial charge is 0.116 e. The average molecular weight is 300 g/mol. The van der Waals surface area contributed by atoms with Crippen LogP contribution >= 0.6 is 38.9 Å². The fourth-order valence-corrected chi connectivity index (χ4v) is 3.22. The molecule has 76 valence electrons. The second-order valence-electron chi connectivity index (χ2n) is 3.02. The van der Waals surface area contributed by atoms with Crippen molar-refractivity contribution < 1.29 is 0 Å². The van der Waals surface area contributed by atoms with E-state index in [1.165, 1.54) is 16.9 Å². The van der Waals surface area contributed by atoms with Crippen LogP contribution in [0.25, 0.3) is 12.2 Å². The highest BCUT2D eigenvalue weighted by Crippen LogP contribution is 2.32. The van der Waals surface area contributed by atoms with Crippen LogP contribution in [0.3, 0.4) is 0 Å². The number of halogens is 2. The maximum Gasteiger partial charge on any atom is 0.0946 e. The van der Waals surface area contributed by atoms with Crippen LogP contribution in [0.2, 0.25) is 4.34 Å². The number of hydrogen-bond donors (Lipinski definition) is 0. The van der Waals surface area contributed by atoms with Crippen LogP contribution in [0.5, 0.6) is 0 Å². The minimum Gasteiger partial charge on any atom is -0.116 e. The lowest BCUT2D eigenvalue weighted by Crippen LogP contribution is -1.68. The Morgan fingerprint density at radius 3 is 2.47 bits per heavy atom. The lowest BCUT2D eigenvalue weighted by molar-refractivity contribution is 1.66. The van der Waals surface area contributed by atoms with Crippen molar-refractivity contribution in [2.75, 3.05) is 0 Å². The van der Waals surface area contributed by atoms with Crippen molar-refractivity contribution in [3.8, 4) is 0 Å². The van der Waals surface area contributed by atoms with E-state index in [1.807, 2.05) is 24.3 Å². The summed E-state index contributed by atoms with van der Waals surface area (Å²) < 4.78 is 1.87. The molecule has 0 atom stereocenters. The number of rotatable bonds is 2. The third kappa shape index (κ3) is 2.94. The molecular formula is C12H8BrClS. The molecule has 0 N–H and O–H groups in total. The Balaban J connectivity index is 2.22. The van der Waals surface area contributed by atoms with Gasteiger partial charge in [-0.1, -0.05) is 54.1 Å². The van der Waals surface area contributed by atoms with Gasteiger partial charge in [-0.2, -0.15) is 0 Å². The van der Waals surface area contributed by atoms with Crippen LogP contribution in [-0.4, -0.2) is 0 Å². The smallest absolute Gasteiger partial charge is 0.0946 e. The Morgan fingerprint density at radius 2 is 1.87 bits per heavy atom. The van der Waals surface area contributed by atoms with Crippen LogP contribution in [0, 0.1) is 0 Å². The third-order valence-corrected chi connectivity index (χ3v) is 3.95. The van der Waals surface area contributed by atoms with Gasteiger partial charge in [0.15, 0.2) is 0 Å². The molecule has 0 saturated heterocycles. The van der Waals surface area contributed by atoms with Gasteiger partial charge >= 0.3 is 0 Å². The van der Waals surface area contributed by atoms with Gasteiger partial charge in [0, 0.05) is 5.56 Å². The van der Waals surface area contributed by atoms with Gasteiger partial charge in [-0.05, 0) is 27.6 Å². The van der Waals surface area contributed by atoms with Gasteiger partial charge in [-0.3, -0.25) is 0 Å². The molecule has 0 bridgehead atoms. The molecule has 0 unspecified atom stereocenters. The van der Waals surface area contributed by atoms with E-state index in [1.54, 1.807) is 0 Å². The van der Waals surface area contributed by atoms with Crippen molar-refractivity contribution in [2.24, 2.45) is 0 Å². The zero-order valence-corrected chi connectivity index (χ0v) is 10.9. The van der Waals surface area contributed by atoms with Crippen molar-refractivity contribution in [1.82, 2.24) is 0 Å². The molecule has 2 aromatic rings. The van der Waals surface area contributed by atoms with Crippen LogP contribution in [0.4, 0.5) is 0 Å². The van der Waals surface area contributed by atoms with E-state index in [-0.39, 0.29) is 0 Å². The van der Waals surface area contributed by atoms with Crippen molar-refractivity contribution in [2.45, 2.75) is 0 Å². The highest BCUT2D eigenvalue weighted by atomic mass is 79.9. The molecule has 1 aromatic heterocycles. The Morgan fingerprint density at radius 1 is 1.13 bits per heavy atom. The van der Waals surface area contributed by atoms with Gasteiger partial charge in [0.25, 0.3) is 0 Å². The zero-order chi connectivity index (χ0) is 10.7. The fourth-order valence-electron chi connectivity index (χ4n) is 1.22. The van der Waals surface area contributed by atoms with E-state index in [0.29, 0.717) is 0 Å². The van der Waals surface area contributed by atoms with Gasteiger partial charge < -0.3 is 0 Å².